The number of H-pyrrole nitrogens is 1. The van der Waals surface area contributed by atoms with E-state index in [1.54, 1.807) is 0 Å². The summed E-state index contributed by atoms with van der Waals surface area (Å²) >= 11 is 1.83. The molecule has 18 heavy (non-hydrogen) atoms. The van der Waals surface area contributed by atoms with Gasteiger partial charge >= 0.3 is 0 Å². The maximum Gasteiger partial charge on any atom is 0.0457 e. The molecule has 0 bridgehead atoms. The van der Waals surface area contributed by atoms with Gasteiger partial charge in [-0.3, -0.25) is 0 Å². The molecule has 1 atom stereocenters. The third-order valence-electron chi connectivity index (χ3n) is 3.34. The van der Waals surface area contributed by atoms with Crippen molar-refractivity contribution < 1.29 is 0 Å². The Morgan fingerprint density at radius 2 is 2.06 bits per heavy atom. The number of hydrogen-bond acceptors (Lipinski definition) is 2. The van der Waals surface area contributed by atoms with Crippen molar-refractivity contribution >= 4 is 22.2 Å². The maximum atomic E-state index is 5.99. The number of fused-ring (bicyclic) bond motifs is 1. The van der Waals surface area contributed by atoms with Crippen molar-refractivity contribution in [2.45, 2.75) is 12.8 Å². The van der Waals surface area contributed by atoms with E-state index in [9.17, 15) is 0 Å². The zero-order chi connectivity index (χ0) is 12.5. The number of nitrogens with one attached hydrogen (secondary N) is 1. The van der Waals surface area contributed by atoms with Crippen molar-refractivity contribution in [1.29, 1.82) is 0 Å². The molecule has 3 heteroatoms. The number of thiophene rings is 1. The first kappa shape index (κ1) is 11.5. The molecule has 0 radical (unpaired) electrons. The second-order valence-electron chi connectivity index (χ2n) is 4.53. The lowest BCUT2D eigenvalue weighted by molar-refractivity contribution is 0.842. The smallest absolute Gasteiger partial charge is 0.0457 e. The van der Waals surface area contributed by atoms with Crippen LogP contribution in [0.15, 0.2) is 42.6 Å². The fourth-order valence-electron chi connectivity index (χ4n) is 2.42. The summed E-state index contributed by atoms with van der Waals surface area (Å²) in [6.07, 6.45) is 2.09. The van der Waals surface area contributed by atoms with Gasteiger partial charge in [-0.25, -0.2) is 0 Å². The molecule has 0 aliphatic rings. The first-order valence-electron chi connectivity index (χ1n) is 6.12. The predicted molar refractivity (Wildman–Crippen MR) is 78.3 cm³/mol. The lowest BCUT2D eigenvalue weighted by Crippen LogP contribution is -2.12. The van der Waals surface area contributed by atoms with Crippen LogP contribution in [0.2, 0.25) is 0 Å². The van der Waals surface area contributed by atoms with Crippen molar-refractivity contribution in [3.63, 3.8) is 0 Å². The standard InChI is InChI=1S/C15H16N2S/c1-10-6-7-15(18-10)12(8-16)13-9-17-14-5-3-2-4-11(13)14/h2-7,9,12,17H,8,16H2,1H3. The zero-order valence-electron chi connectivity index (χ0n) is 10.3. The first-order valence-corrected chi connectivity index (χ1v) is 6.93. The van der Waals surface area contributed by atoms with E-state index in [0.29, 0.717) is 12.5 Å². The van der Waals surface area contributed by atoms with Gasteiger partial charge in [-0.05, 0) is 30.7 Å². The topological polar surface area (TPSA) is 41.8 Å². The quantitative estimate of drug-likeness (QED) is 0.738. The van der Waals surface area contributed by atoms with Crippen molar-refractivity contribution in [3.8, 4) is 0 Å². The molecule has 1 aromatic carbocycles. The van der Waals surface area contributed by atoms with Crippen molar-refractivity contribution in [1.82, 2.24) is 4.98 Å². The Morgan fingerprint density at radius 3 is 2.78 bits per heavy atom. The molecule has 1 unspecified atom stereocenters. The summed E-state index contributed by atoms with van der Waals surface area (Å²) in [5.74, 6) is 0.292. The van der Waals surface area contributed by atoms with Gasteiger partial charge in [0.25, 0.3) is 0 Å². The highest BCUT2D eigenvalue weighted by Crippen LogP contribution is 2.33. The summed E-state index contributed by atoms with van der Waals surface area (Å²) in [6, 6.07) is 12.7. The van der Waals surface area contributed by atoms with Crippen LogP contribution in [0.4, 0.5) is 0 Å². The number of hydrogen-bond donors (Lipinski definition) is 2. The molecule has 2 heterocycles. The van der Waals surface area contributed by atoms with Crippen LogP contribution in [0, 0.1) is 6.92 Å². The third-order valence-corrected chi connectivity index (χ3v) is 4.45. The second-order valence-corrected chi connectivity index (χ2v) is 5.85. The van der Waals surface area contributed by atoms with Crippen LogP contribution in [0.3, 0.4) is 0 Å². The average Bonchev–Trinajstić information content (AvgIpc) is 2.98. The van der Waals surface area contributed by atoms with Crippen LogP contribution >= 0.6 is 11.3 Å². The number of para-hydroxylation sites is 1. The van der Waals surface area contributed by atoms with Gasteiger partial charge in [0.05, 0.1) is 0 Å². The Bertz CT molecular complexity index is 666. The largest absolute Gasteiger partial charge is 0.361 e. The molecule has 0 aliphatic carbocycles. The van der Waals surface area contributed by atoms with E-state index in [4.69, 9.17) is 5.73 Å². The summed E-state index contributed by atoms with van der Waals surface area (Å²) in [5, 5.41) is 1.28. The van der Waals surface area contributed by atoms with E-state index in [0.717, 1.165) is 0 Å². The molecule has 3 rings (SSSR count). The minimum atomic E-state index is 0.292. The van der Waals surface area contributed by atoms with Gasteiger partial charge in [0.2, 0.25) is 0 Å². The highest BCUT2D eigenvalue weighted by atomic mass is 32.1. The number of aromatic amines is 1. The Morgan fingerprint density at radius 1 is 1.22 bits per heavy atom. The fourth-order valence-corrected chi connectivity index (χ4v) is 3.43. The summed E-state index contributed by atoms with van der Waals surface area (Å²) < 4.78 is 0. The Labute approximate surface area is 110 Å². The Hall–Kier alpha value is -1.58. The van der Waals surface area contributed by atoms with Gasteiger partial charge in [0, 0.05) is 39.3 Å². The van der Waals surface area contributed by atoms with Gasteiger partial charge in [0.15, 0.2) is 0 Å². The van der Waals surface area contributed by atoms with Crippen LogP contribution in [-0.4, -0.2) is 11.5 Å². The van der Waals surface area contributed by atoms with Crippen LogP contribution in [0.1, 0.15) is 21.2 Å². The average molecular weight is 256 g/mol. The Kier molecular flexibility index (Phi) is 2.94. The monoisotopic (exact) mass is 256 g/mol. The number of rotatable bonds is 3. The summed E-state index contributed by atoms with van der Waals surface area (Å²) in [7, 11) is 0. The first-order chi connectivity index (χ1) is 8.79. The lowest BCUT2D eigenvalue weighted by atomic mass is 9.97. The highest BCUT2D eigenvalue weighted by Gasteiger charge is 2.17. The molecular formula is C15H16N2S. The highest BCUT2D eigenvalue weighted by molar-refractivity contribution is 7.12. The molecule has 0 spiro atoms. The molecule has 0 fully saturated rings. The van der Waals surface area contributed by atoms with E-state index in [1.165, 1.54) is 26.2 Å². The van der Waals surface area contributed by atoms with E-state index >= 15 is 0 Å². The number of aryl methyl sites for hydroxylation is 1. The van der Waals surface area contributed by atoms with Gasteiger partial charge in [-0.2, -0.15) is 0 Å². The van der Waals surface area contributed by atoms with Crippen molar-refractivity contribution in [2.75, 3.05) is 6.54 Å². The van der Waals surface area contributed by atoms with Crippen molar-refractivity contribution in [3.05, 3.63) is 57.9 Å². The molecule has 0 aliphatic heterocycles. The van der Waals surface area contributed by atoms with Crippen LogP contribution < -0.4 is 5.73 Å². The van der Waals surface area contributed by atoms with Gasteiger partial charge in [-0.1, -0.05) is 18.2 Å². The van der Waals surface area contributed by atoms with Gasteiger partial charge in [-0.15, -0.1) is 11.3 Å². The lowest BCUT2D eigenvalue weighted by Gasteiger charge is -2.12. The van der Waals surface area contributed by atoms with Crippen LogP contribution in [-0.2, 0) is 0 Å². The minimum absolute atomic E-state index is 0.292. The summed E-state index contributed by atoms with van der Waals surface area (Å²) in [5.41, 5.74) is 8.47. The molecule has 0 amide bonds. The number of aromatic nitrogens is 1. The number of benzene rings is 1. The molecule has 92 valence electrons. The van der Waals surface area contributed by atoms with Crippen LogP contribution in [0.5, 0.6) is 0 Å². The SMILES string of the molecule is Cc1ccc(C(CN)c2c[nH]c3ccccc23)s1. The van der Waals surface area contributed by atoms with Crippen LogP contribution in [0.25, 0.3) is 10.9 Å². The molecule has 0 saturated carbocycles. The number of nitrogens with two attached hydrogens (primary N) is 1. The normalized spacial score (nSPS) is 13.0. The molecule has 2 aromatic heterocycles. The summed E-state index contributed by atoms with van der Waals surface area (Å²) in [4.78, 5) is 6.01. The van der Waals surface area contributed by atoms with E-state index in [2.05, 4.69) is 54.5 Å². The van der Waals surface area contributed by atoms with E-state index < -0.39 is 0 Å². The third kappa shape index (κ3) is 1.85. The van der Waals surface area contributed by atoms with E-state index in [1.807, 2.05) is 11.3 Å². The zero-order valence-corrected chi connectivity index (χ0v) is 11.1. The molecule has 3 aromatic rings. The predicted octanol–water partition coefficient (Wildman–Crippen LogP) is 3.63. The fraction of sp³-hybridized carbons (Fsp3) is 0.200. The minimum Gasteiger partial charge on any atom is -0.361 e. The van der Waals surface area contributed by atoms with E-state index in [-0.39, 0.29) is 0 Å². The molecular weight excluding hydrogens is 240 g/mol. The van der Waals surface area contributed by atoms with Crippen molar-refractivity contribution in [2.24, 2.45) is 5.73 Å². The summed E-state index contributed by atoms with van der Waals surface area (Å²) in [6.45, 7) is 2.78. The molecule has 0 saturated heterocycles. The second kappa shape index (κ2) is 4.59. The van der Waals surface area contributed by atoms with Gasteiger partial charge < -0.3 is 10.7 Å². The maximum absolute atomic E-state index is 5.99. The molecule has 3 N–H and O–H groups in total. The molecule has 2 nitrogen and oxygen atoms in total. The van der Waals surface area contributed by atoms with Gasteiger partial charge in [0.1, 0.15) is 0 Å². The Balaban J connectivity index is 2.11.